The molecular formula is C18H27N3O2S. The summed E-state index contributed by atoms with van der Waals surface area (Å²) in [6.07, 6.45) is 2.73. The second-order valence-electron chi connectivity index (χ2n) is 6.90. The van der Waals surface area contributed by atoms with Crippen molar-refractivity contribution >= 4 is 23.2 Å². The summed E-state index contributed by atoms with van der Waals surface area (Å²) in [6.45, 7) is 7.18. The van der Waals surface area contributed by atoms with Crippen LogP contribution >= 0.6 is 11.3 Å². The molecule has 3 heterocycles. The van der Waals surface area contributed by atoms with Crippen molar-refractivity contribution in [3.8, 4) is 0 Å². The van der Waals surface area contributed by atoms with E-state index in [2.05, 4.69) is 27.7 Å². The predicted octanol–water partition coefficient (Wildman–Crippen LogP) is 1.94. The topological polar surface area (TPSA) is 52.7 Å². The van der Waals surface area contributed by atoms with E-state index in [0.29, 0.717) is 25.4 Å². The van der Waals surface area contributed by atoms with E-state index in [9.17, 15) is 9.59 Å². The highest BCUT2D eigenvalue weighted by atomic mass is 32.1. The number of piperidine rings is 1. The third-order valence-corrected chi connectivity index (χ3v) is 5.96. The average molecular weight is 350 g/mol. The van der Waals surface area contributed by atoms with Gasteiger partial charge in [-0.05, 0) is 43.7 Å². The van der Waals surface area contributed by atoms with Gasteiger partial charge in [0, 0.05) is 44.0 Å². The quantitative estimate of drug-likeness (QED) is 0.854. The minimum absolute atomic E-state index is 0.0506. The molecule has 2 aliphatic heterocycles. The lowest BCUT2D eigenvalue weighted by Gasteiger charge is -2.32. The van der Waals surface area contributed by atoms with E-state index in [-0.39, 0.29) is 17.7 Å². The molecule has 0 saturated carbocycles. The van der Waals surface area contributed by atoms with Crippen molar-refractivity contribution in [2.75, 3.05) is 32.7 Å². The van der Waals surface area contributed by atoms with E-state index in [1.165, 1.54) is 17.7 Å². The summed E-state index contributed by atoms with van der Waals surface area (Å²) in [4.78, 5) is 29.8. The predicted molar refractivity (Wildman–Crippen MR) is 95.7 cm³/mol. The van der Waals surface area contributed by atoms with Crippen LogP contribution in [-0.2, 0) is 16.1 Å². The summed E-state index contributed by atoms with van der Waals surface area (Å²) < 4.78 is 0. The van der Waals surface area contributed by atoms with Gasteiger partial charge in [-0.3, -0.25) is 14.5 Å². The molecule has 6 heteroatoms. The number of nitrogens with one attached hydrogen (secondary N) is 1. The Labute approximate surface area is 148 Å². The van der Waals surface area contributed by atoms with Crippen LogP contribution in [0.15, 0.2) is 17.5 Å². The Morgan fingerprint density at radius 2 is 2.29 bits per heavy atom. The smallest absolute Gasteiger partial charge is 0.225 e. The van der Waals surface area contributed by atoms with Gasteiger partial charge in [-0.2, -0.15) is 0 Å². The Kier molecular flexibility index (Phi) is 5.89. The summed E-state index contributed by atoms with van der Waals surface area (Å²) in [6, 6.07) is 4.29. The Morgan fingerprint density at radius 3 is 3.00 bits per heavy atom. The van der Waals surface area contributed by atoms with Gasteiger partial charge in [0.15, 0.2) is 0 Å². The van der Waals surface area contributed by atoms with Gasteiger partial charge in [-0.15, -0.1) is 11.3 Å². The highest BCUT2D eigenvalue weighted by Crippen LogP contribution is 2.21. The highest BCUT2D eigenvalue weighted by molar-refractivity contribution is 7.09. The molecule has 0 bridgehead atoms. The van der Waals surface area contributed by atoms with Crippen molar-refractivity contribution in [3.63, 3.8) is 0 Å². The number of hydrogen-bond donors (Lipinski definition) is 1. The van der Waals surface area contributed by atoms with Crippen LogP contribution < -0.4 is 5.32 Å². The zero-order chi connectivity index (χ0) is 16.9. The van der Waals surface area contributed by atoms with Crippen LogP contribution in [0.3, 0.4) is 0 Å². The Bertz CT molecular complexity index is 561. The molecule has 2 atom stereocenters. The normalized spacial score (nSPS) is 25.2. The Balaban J connectivity index is 1.42. The first kappa shape index (κ1) is 17.4. The fourth-order valence-electron chi connectivity index (χ4n) is 3.73. The summed E-state index contributed by atoms with van der Waals surface area (Å²) in [5, 5.41) is 5.22. The van der Waals surface area contributed by atoms with Gasteiger partial charge in [0.05, 0.1) is 5.92 Å². The molecule has 0 aromatic carbocycles. The van der Waals surface area contributed by atoms with Gasteiger partial charge in [0.2, 0.25) is 11.8 Å². The van der Waals surface area contributed by atoms with E-state index in [4.69, 9.17) is 0 Å². The van der Waals surface area contributed by atoms with Gasteiger partial charge >= 0.3 is 0 Å². The number of nitrogens with zero attached hydrogens (tertiary/aromatic N) is 2. The second-order valence-corrected chi connectivity index (χ2v) is 7.93. The Morgan fingerprint density at radius 1 is 1.42 bits per heavy atom. The first-order chi connectivity index (χ1) is 11.7. The van der Waals surface area contributed by atoms with E-state index < -0.39 is 0 Å². The lowest BCUT2D eigenvalue weighted by Crippen LogP contribution is -2.42. The number of amides is 2. The van der Waals surface area contributed by atoms with Crippen LogP contribution in [0.4, 0.5) is 0 Å². The average Bonchev–Trinajstić information content (AvgIpc) is 3.22. The van der Waals surface area contributed by atoms with Gasteiger partial charge < -0.3 is 10.2 Å². The molecule has 0 spiro atoms. The number of thiophene rings is 1. The zero-order valence-corrected chi connectivity index (χ0v) is 15.2. The molecule has 1 N–H and O–H groups in total. The first-order valence-electron chi connectivity index (χ1n) is 8.96. The molecule has 1 aromatic heterocycles. The molecule has 132 valence electrons. The molecule has 2 amide bonds. The van der Waals surface area contributed by atoms with Crippen LogP contribution in [0.1, 0.15) is 31.1 Å². The van der Waals surface area contributed by atoms with Crippen molar-refractivity contribution in [1.29, 1.82) is 0 Å². The summed E-state index contributed by atoms with van der Waals surface area (Å²) in [7, 11) is 0. The minimum Gasteiger partial charge on any atom is -0.355 e. The van der Waals surface area contributed by atoms with Crippen molar-refractivity contribution in [1.82, 2.24) is 15.1 Å². The molecule has 2 saturated heterocycles. The van der Waals surface area contributed by atoms with Crippen LogP contribution in [0.25, 0.3) is 0 Å². The summed E-state index contributed by atoms with van der Waals surface area (Å²) in [5.41, 5.74) is 0. The largest absolute Gasteiger partial charge is 0.355 e. The van der Waals surface area contributed by atoms with Crippen molar-refractivity contribution in [2.45, 2.75) is 32.7 Å². The SMILES string of the molecule is CCN1C[C@@H](C(=O)NC[C@@H]2CCCN(Cc3cccs3)C2)CC1=O. The van der Waals surface area contributed by atoms with E-state index in [1.807, 2.05) is 18.3 Å². The molecular weight excluding hydrogens is 322 g/mol. The van der Waals surface area contributed by atoms with Gasteiger partial charge in [0.25, 0.3) is 0 Å². The maximum Gasteiger partial charge on any atom is 0.225 e. The van der Waals surface area contributed by atoms with E-state index >= 15 is 0 Å². The van der Waals surface area contributed by atoms with Gasteiger partial charge in [-0.25, -0.2) is 0 Å². The maximum absolute atomic E-state index is 12.3. The molecule has 0 radical (unpaired) electrons. The molecule has 0 unspecified atom stereocenters. The lowest BCUT2D eigenvalue weighted by molar-refractivity contribution is -0.128. The lowest BCUT2D eigenvalue weighted by atomic mass is 9.97. The van der Waals surface area contributed by atoms with Crippen molar-refractivity contribution in [2.24, 2.45) is 11.8 Å². The fourth-order valence-corrected chi connectivity index (χ4v) is 4.47. The van der Waals surface area contributed by atoms with E-state index in [0.717, 1.165) is 26.2 Å². The third-order valence-electron chi connectivity index (χ3n) is 5.09. The minimum atomic E-state index is -0.164. The molecule has 5 nitrogen and oxygen atoms in total. The standard InChI is InChI=1S/C18H27N3O2S/c1-2-21-12-15(9-17(21)22)18(23)19-10-14-5-3-7-20(11-14)13-16-6-4-8-24-16/h4,6,8,14-15H,2-3,5,7,9-13H2,1H3,(H,19,23)/t14-,15-/m0/s1. The van der Waals surface area contributed by atoms with Gasteiger partial charge in [0.1, 0.15) is 0 Å². The van der Waals surface area contributed by atoms with Crippen LogP contribution in [0, 0.1) is 11.8 Å². The second kappa shape index (κ2) is 8.12. The number of likely N-dealkylation sites (tertiary alicyclic amines) is 2. The molecule has 2 aliphatic rings. The fraction of sp³-hybridized carbons (Fsp3) is 0.667. The van der Waals surface area contributed by atoms with Crippen LogP contribution in [0.2, 0.25) is 0 Å². The van der Waals surface area contributed by atoms with Gasteiger partial charge in [-0.1, -0.05) is 6.07 Å². The molecule has 3 rings (SSSR count). The third kappa shape index (κ3) is 4.36. The first-order valence-corrected chi connectivity index (χ1v) is 9.84. The summed E-state index contributed by atoms with van der Waals surface area (Å²) in [5.74, 6) is 0.512. The van der Waals surface area contributed by atoms with E-state index in [1.54, 1.807) is 4.90 Å². The maximum atomic E-state index is 12.3. The number of carbonyl (C=O) groups is 2. The Hall–Kier alpha value is -1.40. The number of carbonyl (C=O) groups excluding carboxylic acids is 2. The molecule has 24 heavy (non-hydrogen) atoms. The number of rotatable bonds is 6. The molecule has 2 fully saturated rings. The highest BCUT2D eigenvalue weighted by Gasteiger charge is 2.33. The molecule has 0 aliphatic carbocycles. The van der Waals surface area contributed by atoms with Crippen LogP contribution in [0.5, 0.6) is 0 Å². The monoisotopic (exact) mass is 349 g/mol. The van der Waals surface area contributed by atoms with Crippen LogP contribution in [-0.4, -0.2) is 54.3 Å². The zero-order valence-electron chi connectivity index (χ0n) is 14.4. The van der Waals surface area contributed by atoms with Crippen molar-refractivity contribution < 1.29 is 9.59 Å². The number of hydrogen-bond acceptors (Lipinski definition) is 4. The summed E-state index contributed by atoms with van der Waals surface area (Å²) >= 11 is 1.81. The van der Waals surface area contributed by atoms with Crippen molar-refractivity contribution in [3.05, 3.63) is 22.4 Å². The molecule has 1 aromatic rings.